The highest BCUT2D eigenvalue weighted by atomic mass is 35.5. The van der Waals surface area contributed by atoms with E-state index in [-0.39, 0.29) is 0 Å². The van der Waals surface area contributed by atoms with Crippen LogP contribution in [0.5, 0.6) is 0 Å². The predicted octanol–water partition coefficient (Wildman–Crippen LogP) is 3.13. The van der Waals surface area contributed by atoms with E-state index in [9.17, 15) is 0 Å². The van der Waals surface area contributed by atoms with Gasteiger partial charge in [0.1, 0.15) is 0 Å². The molecule has 3 nitrogen and oxygen atoms in total. The molecular formula is C11H12ClN3. The van der Waals surface area contributed by atoms with Gasteiger partial charge in [-0.15, -0.1) is 0 Å². The fraction of sp³-hybridized carbons (Fsp3) is 0.182. The molecule has 0 unspecified atom stereocenters. The molecular weight excluding hydrogens is 210 g/mol. The maximum absolute atomic E-state index is 5.89. The number of imidazole rings is 1. The van der Waals surface area contributed by atoms with Crippen molar-refractivity contribution in [2.75, 3.05) is 5.32 Å². The van der Waals surface area contributed by atoms with Crippen LogP contribution in [0.15, 0.2) is 30.5 Å². The number of rotatable bonds is 2. The highest BCUT2D eigenvalue weighted by Crippen LogP contribution is 2.19. The number of nitrogens with one attached hydrogen (secondary N) is 1. The summed E-state index contributed by atoms with van der Waals surface area (Å²) in [5, 5.41) is 3.92. The van der Waals surface area contributed by atoms with E-state index in [1.54, 1.807) is 0 Å². The van der Waals surface area contributed by atoms with Crippen LogP contribution in [0.3, 0.4) is 0 Å². The van der Waals surface area contributed by atoms with E-state index in [4.69, 9.17) is 11.6 Å². The molecule has 1 N–H and O–H groups in total. The van der Waals surface area contributed by atoms with Crippen LogP contribution < -0.4 is 5.32 Å². The van der Waals surface area contributed by atoms with Crippen LogP contribution in [0.1, 0.15) is 5.69 Å². The number of benzene rings is 1. The van der Waals surface area contributed by atoms with Crippen LogP contribution in [-0.2, 0) is 7.05 Å². The number of aryl methyl sites for hydroxylation is 1. The first-order chi connectivity index (χ1) is 7.16. The summed E-state index contributed by atoms with van der Waals surface area (Å²) in [4.78, 5) is 4.25. The molecule has 0 aliphatic rings. The number of hydrogen-bond acceptors (Lipinski definition) is 2. The first-order valence-corrected chi connectivity index (χ1v) is 5.05. The molecule has 0 saturated heterocycles. The van der Waals surface area contributed by atoms with Crippen molar-refractivity contribution in [2.45, 2.75) is 6.92 Å². The van der Waals surface area contributed by atoms with Gasteiger partial charge >= 0.3 is 0 Å². The van der Waals surface area contributed by atoms with Gasteiger partial charge in [-0.1, -0.05) is 17.7 Å². The largest absolute Gasteiger partial charge is 0.326 e. The van der Waals surface area contributed by atoms with Gasteiger partial charge in [-0.3, -0.25) is 0 Å². The lowest BCUT2D eigenvalue weighted by Gasteiger charge is -2.06. The summed E-state index contributed by atoms with van der Waals surface area (Å²) in [6, 6.07) is 7.57. The smallest absolute Gasteiger partial charge is 0.207 e. The molecule has 0 fully saturated rings. The molecule has 0 spiro atoms. The van der Waals surface area contributed by atoms with Gasteiger partial charge in [-0.25, -0.2) is 4.98 Å². The minimum absolute atomic E-state index is 0.714. The SMILES string of the molecule is Cc1cnc(Nc2cccc(Cl)c2)n1C. The second kappa shape index (κ2) is 3.95. The summed E-state index contributed by atoms with van der Waals surface area (Å²) in [5.41, 5.74) is 2.05. The molecule has 15 heavy (non-hydrogen) atoms. The predicted molar refractivity (Wildman–Crippen MR) is 62.7 cm³/mol. The van der Waals surface area contributed by atoms with E-state index in [1.165, 1.54) is 0 Å². The van der Waals surface area contributed by atoms with E-state index in [1.807, 2.05) is 49.0 Å². The van der Waals surface area contributed by atoms with Crippen LogP contribution >= 0.6 is 11.6 Å². The molecule has 1 heterocycles. The van der Waals surface area contributed by atoms with Crippen LogP contribution in [0.25, 0.3) is 0 Å². The maximum atomic E-state index is 5.89. The van der Waals surface area contributed by atoms with Gasteiger partial charge in [-0.2, -0.15) is 0 Å². The minimum atomic E-state index is 0.714. The molecule has 0 bridgehead atoms. The van der Waals surface area contributed by atoms with E-state index < -0.39 is 0 Å². The zero-order chi connectivity index (χ0) is 10.8. The molecule has 2 aromatic rings. The number of nitrogens with zero attached hydrogens (tertiary/aromatic N) is 2. The van der Waals surface area contributed by atoms with Gasteiger partial charge in [0, 0.05) is 23.5 Å². The Balaban J connectivity index is 2.26. The number of aromatic nitrogens is 2. The van der Waals surface area contributed by atoms with Gasteiger partial charge in [-0.05, 0) is 25.1 Å². The Morgan fingerprint density at radius 3 is 2.80 bits per heavy atom. The highest BCUT2D eigenvalue weighted by Gasteiger charge is 2.02. The van der Waals surface area contributed by atoms with Gasteiger partial charge in [0.05, 0.1) is 6.20 Å². The van der Waals surface area contributed by atoms with E-state index >= 15 is 0 Å². The molecule has 0 amide bonds. The summed E-state index contributed by atoms with van der Waals surface area (Å²) >= 11 is 5.89. The molecule has 0 atom stereocenters. The summed E-state index contributed by atoms with van der Waals surface area (Å²) in [5.74, 6) is 0.815. The molecule has 78 valence electrons. The van der Waals surface area contributed by atoms with E-state index in [2.05, 4.69) is 10.3 Å². The van der Waals surface area contributed by atoms with Crippen molar-refractivity contribution < 1.29 is 0 Å². The van der Waals surface area contributed by atoms with Gasteiger partial charge < -0.3 is 9.88 Å². The quantitative estimate of drug-likeness (QED) is 0.845. The first-order valence-electron chi connectivity index (χ1n) is 4.68. The Kier molecular flexibility index (Phi) is 2.64. The summed E-state index contributed by atoms with van der Waals surface area (Å²) < 4.78 is 1.99. The Morgan fingerprint density at radius 2 is 2.20 bits per heavy atom. The third-order valence-corrected chi connectivity index (χ3v) is 2.54. The third-order valence-electron chi connectivity index (χ3n) is 2.30. The number of anilines is 2. The number of halogens is 1. The standard InChI is InChI=1S/C11H12ClN3/c1-8-7-13-11(15(8)2)14-10-5-3-4-9(12)6-10/h3-7H,1-2H3,(H,13,14). The molecule has 4 heteroatoms. The zero-order valence-corrected chi connectivity index (χ0v) is 9.42. The topological polar surface area (TPSA) is 29.9 Å². The summed E-state index contributed by atoms with van der Waals surface area (Å²) in [6.45, 7) is 2.01. The summed E-state index contributed by atoms with van der Waals surface area (Å²) in [7, 11) is 1.97. The van der Waals surface area contributed by atoms with Crippen molar-refractivity contribution in [1.82, 2.24) is 9.55 Å². The van der Waals surface area contributed by atoms with Crippen molar-refractivity contribution in [3.8, 4) is 0 Å². The zero-order valence-electron chi connectivity index (χ0n) is 8.66. The Labute approximate surface area is 93.7 Å². The van der Waals surface area contributed by atoms with Crippen LogP contribution in [0, 0.1) is 6.92 Å². The normalized spacial score (nSPS) is 10.3. The molecule has 0 aliphatic heterocycles. The lowest BCUT2D eigenvalue weighted by Crippen LogP contribution is -2.00. The molecule has 0 radical (unpaired) electrons. The minimum Gasteiger partial charge on any atom is -0.326 e. The van der Waals surface area contributed by atoms with Gasteiger partial charge in [0.2, 0.25) is 5.95 Å². The van der Waals surface area contributed by atoms with Gasteiger partial charge in [0.25, 0.3) is 0 Å². The average Bonchev–Trinajstić information content (AvgIpc) is 2.50. The molecule has 2 rings (SSSR count). The molecule has 0 aliphatic carbocycles. The average molecular weight is 222 g/mol. The van der Waals surface area contributed by atoms with Gasteiger partial charge in [0.15, 0.2) is 0 Å². The monoisotopic (exact) mass is 221 g/mol. The van der Waals surface area contributed by atoms with Crippen molar-refractivity contribution in [1.29, 1.82) is 0 Å². The second-order valence-corrected chi connectivity index (χ2v) is 3.85. The summed E-state index contributed by atoms with van der Waals surface area (Å²) in [6.07, 6.45) is 1.83. The van der Waals surface area contributed by atoms with E-state index in [0.29, 0.717) is 5.02 Å². The first kappa shape index (κ1) is 10.1. The Bertz CT molecular complexity index is 476. The van der Waals surface area contributed by atoms with E-state index in [0.717, 1.165) is 17.3 Å². The molecule has 1 aromatic heterocycles. The van der Waals surface area contributed by atoms with Crippen LogP contribution in [-0.4, -0.2) is 9.55 Å². The molecule has 1 aromatic carbocycles. The lowest BCUT2D eigenvalue weighted by atomic mass is 10.3. The fourth-order valence-corrected chi connectivity index (χ4v) is 1.50. The van der Waals surface area contributed by atoms with Crippen molar-refractivity contribution >= 4 is 23.2 Å². The Hall–Kier alpha value is -1.48. The van der Waals surface area contributed by atoms with Crippen LogP contribution in [0.4, 0.5) is 11.6 Å². The molecule has 0 saturated carbocycles. The van der Waals surface area contributed by atoms with Crippen molar-refractivity contribution in [3.05, 3.63) is 41.2 Å². The lowest BCUT2D eigenvalue weighted by molar-refractivity contribution is 0.884. The van der Waals surface area contributed by atoms with Crippen LogP contribution in [0.2, 0.25) is 5.02 Å². The highest BCUT2D eigenvalue weighted by molar-refractivity contribution is 6.30. The number of hydrogen-bond donors (Lipinski definition) is 1. The van der Waals surface area contributed by atoms with Crippen molar-refractivity contribution in [2.24, 2.45) is 7.05 Å². The fourth-order valence-electron chi connectivity index (χ4n) is 1.31. The third kappa shape index (κ3) is 2.13. The second-order valence-electron chi connectivity index (χ2n) is 3.42. The van der Waals surface area contributed by atoms with Crippen molar-refractivity contribution in [3.63, 3.8) is 0 Å². The maximum Gasteiger partial charge on any atom is 0.207 e. The Morgan fingerprint density at radius 1 is 1.40 bits per heavy atom.